The molecule has 4 rings (SSSR count). The molecule has 8 atom stereocenters. The van der Waals surface area contributed by atoms with Gasteiger partial charge in [-0.15, -0.1) is 13.2 Å². The van der Waals surface area contributed by atoms with E-state index in [1.54, 1.807) is 28.9 Å². The van der Waals surface area contributed by atoms with E-state index in [0.717, 1.165) is 12.8 Å². The fourth-order valence-corrected chi connectivity index (χ4v) is 8.40. The van der Waals surface area contributed by atoms with E-state index in [9.17, 15) is 24.3 Å². The van der Waals surface area contributed by atoms with Gasteiger partial charge >= 0.3 is 5.97 Å². The molecule has 3 fully saturated rings. The smallest absolute Gasteiger partial charge is 0.313 e. The maximum absolute atomic E-state index is 14.4. The van der Waals surface area contributed by atoms with Gasteiger partial charge in [0, 0.05) is 37.0 Å². The first-order valence-corrected chi connectivity index (χ1v) is 17.7. The van der Waals surface area contributed by atoms with Gasteiger partial charge in [-0.25, -0.2) is 0 Å². The van der Waals surface area contributed by atoms with Gasteiger partial charge in [-0.05, 0) is 52.0 Å². The zero-order valence-electron chi connectivity index (χ0n) is 27.8. The van der Waals surface area contributed by atoms with Crippen LogP contribution in [0, 0.1) is 11.8 Å². The minimum Gasteiger partial charge on any atom is -0.455 e. The summed E-state index contributed by atoms with van der Waals surface area (Å²) in [6.45, 7) is 13.9. The summed E-state index contributed by atoms with van der Waals surface area (Å²) in [5, 5.41) is 12.2. The monoisotopic (exact) mass is 715 g/mol. The maximum Gasteiger partial charge on any atom is 0.313 e. The third-order valence-corrected chi connectivity index (χ3v) is 10.5. The lowest BCUT2D eigenvalue weighted by atomic mass is 9.70. The Hall–Kier alpha value is -3.02. The highest BCUT2D eigenvalue weighted by Crippen LogP contribution is 2.60. The molecule has 1 spiro atoms. The van der Waals surface area contributed by atoms with Crippen molar-refractivity contribution >= 4 is 39.6 Å². The number of allylic oxidation sites excluding steroid dienone is 1. The number of hydrogen-bond acceptors (Lipinski definition) is 7. The molecule has 258 valence electrons. The second-order valence-electron chi connectivity index (χ2n) is 13.2. The average molecular weight is 717 g/mol. The van der Waals surface area contributed by atoms with E-state index in [2.05, 4.69) is 34.4 Å². The second kappa shape index (κ2) is 16.4. The van der Waals surface area contributed by atoms with Gasteiger partial charge in [0.25, 0.3) is 0 Å². The number of fused-ring (bicyclic) bond motifs is 1. The molecule has 2 bridgehead atoms. The molecular weight excluding hydrogens is 666 g/mol. The SMILES string of the molecule is C=CCCC(=O)N[C@@H](C)[C@H](OC(=O)[C@@H]1[C@H]2O[C@@]3(CC2Br)[C@H](C(=O)N(CC=C)C(C)C)N(CCCCCCO)C(=O)[C@@H]13)c1ccccc1. The predicted molar refractivity (Wildman–Crippen MR) is 182 cm³/mol. The van der Waals surface area contributed by atoms with Crippen LogP contribution in [0.3, 0.4) is 0 Å². The van der Waals surface area contributed by atoms with E-state index in [-0.39, 0.29) is 41.6 Å². The quantitative estimate of drug-likeness (QED) is 0.0995. The summed E-state index contributed by atoms with van der Waals surface area (Å²) < 4.78 is 12.9. The van der Waals surface area contributed by atoms with Crippen molar-refractivity contribution in [3.8, 4) is 0 Å². The molecule has 1 unspecified atom stereocenters. The number of halogens is 1. The molecule has 1 aromatic carbocycles. The first kappa shape index (κ1) is 36.8. The fraction of sp³-hybridized carbons (Fsp3) is 0.611. The van der Waals surface area contributed by atoms with Crippen LogP contribution in [-0.2, 0) is 28.7 Å². The number of amides is 3. The van der Waals surface area contributed by atoms with Crippen molar-refractivity contribution in [1.82, 2.24) is 15.1 Å². The molecule has 10 nitrogen and oxygen atoms in total. The lowest BCUT2D eigenvalue weighted by Gasteiger charge is -2.38. The highest BCUT2D eigenvalue weighted by molar-refractivity contribution is 9.09. The summed E-state index contributed by atoms with van der Waals surface area (Å²) in [6.07, 6.45) is 5.95. The van der Waals surface area contributed by atoms with Crippen molar-refractivity contribution in [3.63, 3.8) is 0 Å². The number of ether oxygens (including phenoxy) is 2. The Morgan fingerprint density at radius 1 is 1.15 bits per heavy atom. The van der Waals surface area contributed by atoms with Crippen molar-refractivity contribution in [1.29, 1.82) is 0 Å². The number of unbranched alkanes of at least 4 members (excludes halogenated alkanes) is 3. The molecule has 2 N–H and O–H groups in total. The Kier molecular flexibility index (Phi) is 12.8. The number of nitrogens with one attached hydrogen (secondary N) is 1. The van der Waals surface area contributed by atoms with E-state index >= 15 is 0 Å². The topological polar surface area (TPSA) is 125 Å². The van der Waals surface area contributed by atoms with E-state index in [1.165, 1.54) is 0 Å². The van der Waals surface area contributed by atoms with Gasteiger partial charge in [0.15, 0.2) is 0 Å². The van der Waals surface area contributed by atoms with Crippen LogP contribution in [0.2, 0.25) is 0 Å². The first-order chi connectivity index (χ1) is 22.5. The van der Waals surface area contributed by atoms with Crippen molar-refractivity contribution in [3.05, 3.63) is 61.2 Å². The molecule has 3 heterocycles. The van der Waals surface area contributed by atoms with Crippen molar-refractivity contribution in [2.75, 3.05) is 19.7 Å². The van der Waals surface area contributed by atoms with Crippen LogP contribution in [-0.4, -0.2) is 93.0 Å². The minimum absolute atomic E-state index is 0.104. The number of benzene rings is 1. The molecule has 0 saturated carbocycles. The molecule has 0 aliphatic carbocycles. The van der Waals surface area contributed by atoms with Crippen LogP contribution in [0.4, 0.5) is 0 Å². The number of hydrogen-bond donors (Lipinski definition) is 2. The zero-order chi connectivity index (χ0) is 34.3. The largest absolute Gasteiger partial charge is 0.455 e. The number of carbonyl (C=O) groups excluding carboxylic acids is 4. The highest BCUT2D eigenvalue weighted by Gasteiger charge is 2.77. The number of carbonyl (C=O) groups is 4. The van der Waals surface area contributed by atoms with Gasteiger partial charge in [0.2, 0.25) is 17.7 Å². The Bertz CT molecular complexity index is 1290. The van der Waals surface area contributed by atoms with Crippen molar-refractivity contribution < 1.29 is 33.8 Å². The molecule has 3 aliphatic rings. The number of aliphatic hydroxyl groups excluding tert-OH is 1. The second-order valence-corrected chi connectivity index (χ2v) is 14.3. The fourth-order valence-electron chi connectivity index (χ4n) is 7.46. The van der Waals surface area contributed by atoms with Crippen molar-refractivity contribution in [2.45, 2.75) is 106 Å². The van der Waals surface area contributed by atoms with E-state index < -0.39 is 47.7 Å². The standard InChI is InChI=1S/C36H50BrN3O7/c1-6-8-18-27(42)38-24(5)30(25-16-12-11-13-17-25)46-35(45)28-29-33(43)40(20-14-9-10-15-21-41)32(34(44)39(19-7-2)23(3)4)36(29)22-26(37)31(28)47-36/h6-7,11-13,16-17,23-24,26,28-32,41H,1-2,8-10,14-15,18-22H2,3-5H3,(H,38,42)/t24-,26?,28-,29+,30-,31-,32-,36+/m0/s1. The summed E-state index contributed by atoms with van der Waals surface area (Å²) in [5.74, 6) is -3.13. The molecular formula is C36H50BrN3O7. The van der Waals surface area contributed by atoms with Gasteiger partial charge in [0.1, 0.15) is 17.7 Å². The zero-order valence-corrected chi connectivity index (χ0v) is 29.4. The predicted octanol–water partition coefficient (Wildman–Crippen LogP) is 4.47. The molecule has 3 amide bonds. The Morgan fingerprint density at radius 2 is 1.85 bits per heavy atom. The summed E-state index contributed by atoms with van der Waals surface area (Å²) >= 11 is 3.73. The van der Waals surface area contributed by atoms with Crippen LogP contribution < -0.4 is 5.32 Å². The average Bonchev–Trinajstić information content (AvgIpc) is 3.64. The van der Waals surface area contributed by atoms with E-state index in [4.69, 9.17) is 9.47 Å². The number of nitrogens with zero attached hydrogens (tertiary/aromatic N) is 2. The highest BCUT2D eigenvalue weighted by atomic mass is 79.9. The third kappa shape index (κ3) is 7.67. The summed E-state index contributed by atoms with van der Waals surface area (Å²) in [6, 6.07) is 7.60. The Morgan fingerprint density at radius 3 is 2.49 bits per heavy atom. The van der Waals surface area contributed by atoms with Crippen LogP contribution in [0.15, 0.2) is 55.6 Å². The number of likely N-dealkylation sites (tertiary alicyclic amines) is 1. The van der Waals surface area contributed by atoms with Gasteiger partial charge < -0.3 is 29.7 Å². The summed E-state index contributed by atoms with van der Waals surface area (Å²) in [5.41, 5.74) is -0.498. The summed E-state index contributed by atoms with van der Waals surface area (Å²) in [7, 11) is 0. The number of esters is 1. The molecule has 47 heavy (non-hydrogen) atoms. The van der Waals surface area contributed by atoms with Gasteiger partial charge in [0.05, 0.1) is 24.0 Å². The van der Waals surface area contributed by atoms with Crippen LogP contribution in [0.5, 0.6) is 0 Å². The lowest BCUT2D eigenvalue weighted by molar-refractivity contribution is -0.162. The first-order valence-electron chi connectivity index (χ1n) is 16.8. The number of alkyl halides is 1. The maximum atomic E-state index is 14.4. The van der Waals surface area contributed by atoms with Crippen LogP contribution in [0.1, 0.15) is 77.4 Å². The molecule has 1 aromatic rings. The Balaban J connectivity index is 1.67. The number of aliphatic hydroxyl groups is 1. The summed E-state index contributed by atoms with van der Waals surface area (Å²) in [4.78, 5) is 58.8. The van der Waals surface area contributed by atoms with Gasteiger partial charge in [-0.3, -0.25) is 19.2 Å². The van der Waals surface area contributed by atoms with Crippen LogP contribution in [0.25, 0.3) is 0 Å². The van der Waals surface area contributed by atoms with Crippen molar-refractivity contribution in [2.24, 2.45) is 11.8 Å². The molecule has 0 radical (unpaired) electrons. The molecule has 3 saturated heterocycles. The molecule has 3 aliphatic heterocycles. The molecule has 0 aromatic heterocycles. The van der Waals surface area contributed by atoms with Crippen LogP contribution >= 0.6 is 15.9 Å². The lowest BCUT2D eigenvalue weighted by Crippen LogP contribution is -2.58. The normalized spacial score (nSPS) is 27.3. The van der Waals surface area contributed by atoms with E-state index in [0.29, 0.717) is 44.3 Å². The van der Waals surface area contributed by atoms with E-state index in [1.807, 2.05) is 44.2 Å². The van der Waals surface area contributed by atoms with Gasteiger partial charge in [-0.1, -0.05) is 71.3 Å². The number of rotatable bonds is 18. The molecule has 11 heteroatoms. The van der Waals surface area contributed by atoms with Gasteiger partial charge in [-0.2, -0.15) is 0 Å². The Labute approximate surface area is 287 Å². The minimum atomic E-state index is -1.21. The third-order valence-electron chi connectivity index (χ3n) is 9.62.